The van der Waals surface area contributed by atoms with Crippen LogP contribution in [-0.4, -0.2) is 54.1 Å². The molecule has 1 aliphatic heterocycles. The van der Waals surface area contributed by atoms with Crippen LogP contribution in [0.4, 0.5) is 9.18 Å². The lowest BCUT2D eigenvalue weighted by Gasteiger charge is -2.19. The molecule has 0 spiro atoms. The SMILES string of the molecule is CC(=O)c1cn(CC(=O)C2C[Si](C)(C)C[C@H]2C(=O)NCc2cccc(Cl)c2F)c2cc(P(=O)(O)OCOC(=O)OC(C)C)ccc12. The fraction of sp³-hybridized carbons (Fsp3) is 0.419. The maximum atomic E-state index is 14.4. The molecular formula is C31H37ClFN2O9PSi. The number of carbonyl (C=O) groups is 4. The van der Waals surface area contributed by atoms with Gasteiger partial charge in [0.2, 0.25) is 12.7 Å². The fourth-order valence-corrected chi connectivity index (χ4v) is 10.4. The molecule has 46 heavy (non-hydrogen) atoms. The van der Waals surface area contributed by atoms with Crippen molar-refractivity contribution in [2.45, 2.75) is 65.1 Å². The van der Waals surface area contributed by atoms with Crippen molar-refractivity contribution < 1.29 is 47.0 Å². The highest BCUT2D eigenvalue weighted by Gasteiger charge is 2.47. The zero-order valence-electron chi connectivity index (χ0n) is 26.2. The maximum absolute atomic E-state index is 14.4. The molecule has 248 valence electrons. The van der Waals surface area contributed by atoms with Crippen molar-refractivity contribution in [2.75, 3.05) is 6.79 Å². The minimum absolute atomic E-state index is 0.0509. The summed E-state index contributed by atoms with van der Waals surface area (Å²) in [6.07, 6.45) is -0.00879. The van der Waals surface area contributed by atoms with Crippen LogP contribution in [0.3, 0.4) is 0 Å². The molecule has 1 amide bonds. The Morgan fingerprint density at radius 1 is 1.15 bits per heavy atom. The molecule has 2 N–H and O–H groups in total. The third-order valence-corrected chi connectivity index (χ3v) is 12.7. The number of halogens is 2. The summed E-state index contributed by atoms with van der Waals surface area (Å²) in [5.74, 6) is -2.69. The smallest absolute Gasteiger partial charge is 0.432 e. The molecule has 0 bridgehead atoms. The number of amides is 1. The van der Waals surface area contributed by atoms with Crippen molar-refractivity contribution in [1.82, 2.24) is 9.88 Å². The van der Waals surface area contributed by atoms with E-state index >= 15 is 0 Å². The van der Waals surface area contributed by atoms with Gasteiger partial charge in [0.05, 0.1) is 28.5 Å². The first-order valence-corrected chi connectivity index (χ1v) is 20.0. The van der Waals surface area contributed by atoms with Crippen LogP contribution in [0.5, 0.6) is 0 Å². The predicted molar refractivity (Wildman–Crippen MR) is 172 cm³/mol. The number of fused-ring (bicyclic) bond motifs is 1. The Hall–Kier alpha value is -3.35. The van der Waals surface area contributed by atoms with E-state index in [4.69, 9.17) is 25.6 Å². The quantitative estimate of drug-likeness (QED) is 0.0786. The molecule has 1 saturated heterocycles. The Labute approximate surface area is 271 Å². The van der Waals surface area contributed by atoms with Gasteiger partial charge in [-0.05, 0) is 51.1 Å². The van der Waals surface area contributed by atoms with Crippen molar-refractivity contribution in [3.05, 3.63) is 64.6 Å². The maximum Gasteiger partial charge on any atom is 0.510 e. The molecule has 0 aliphatic carbocycles. The van der Waals surface area contributed by atoms with Crippen molar-refractivity contribution in [1.29, 1.82) is 0 Å². The number of carbonyl (C=O) groups excluding carboxylic acids is 4. The van der Waals surface area contributed by atoms with Gasteiger partial charge in [-0.15, -0.1) is 0 Å². The number of benzene rings is 2. The van der Waals surface area contributed by atoms with Gasteiger partial charge in [-0.1, -0.05) is 42.9 Å². The highest BCUT2D eigenvalue weighted by molar-refractivity contribution is 7.61. The van der Waals surface area contributed by atoms with E-state index in [2.05, 4.69) is 18.4 Å². The minimum Gasteiger partial charge on any atom is -0.432 e. The zero-order chi connectivity index (χ0) is 34.0. The van der Waals surface area contributed by atoms with E-state index in [0.717, 1.165) is 0 Å². The normalized spacial score (nSPS) is 18.7. The summed E-state index contributed by atoms with van der Waals surface area (Å²) in [7, 11) is -6.45. The zero-order valence-corrected chi connectivity index (χ0v) is 28.8. The summed E-state index contributed by atoms with van der Waals surface area (Å²) in [6, 6.07) is 9.83. The highest BCUT2D eigenvalue weighted by atomic mass is 35.5. The van der Waals surface area contributed by atoms with Crippen LogP contribution in [0, 0.1) is 17.7 Å². The molecule has 1 aliphatic rings. The van der Waals surface area contributed by atoms with Gasteiger partial charge in [-0.25, -0.2) is 9.18 Å². The number of Topliss-reactive ketones (excluding diaryl/α,β-unsaturated/α-hetero) is 2. The van der Waals surface area contributed by atoms with Gasteiger partial charge in [-0.3, -0.25) is 23.5 Å². The van der Waals surface area contributed by atoms with Crippen LogP contribution in [0.2, 0.25) is 30.2 Å². The first kappa shape index (κ1) is 35.5. The van der Waals surface area contributed by atoms with E-state index in [1.807, 2.05) is 0 Å². The molecule has 2 unspecified atom stereocenters. The number of rotatable bonds is 12. The van der Waals surface area contributed by atoms with Gasteiger partial charge >= 0.3 is 13.8 Å². The van der Waals surface area contributed by atoms with Crippen LogP contribution >= 0.6 is 19.2 Å². The molecular weight excluding hydrogens is 658 g/mol. The van der Waals surface area contributed by atoms with Gasteiger partial charge in [0, 0.05) is 49.2 Å². The van der Waals surface area contributed by atoms with Gasteiger partial charge in [0.1, 0.15) is 5.82 Å². The summed E-state index contributed by atoms with van der Waals surface area (Å²) >= 11 is 5.87. The van der Waals surface area contributed by atoms with Crippen LogP contribution in [0.1, 0.15) is 36.7 Å². The summed E-state index contributed by atoms with van der Waals surface area (Å²) in [5.41, 5.74) is 0.875. The van der Waals surface area contributed by atoms with Crippen molar-refractivity contribution in [3.8, 4) is 0 Å². The largest absolute Gasteiger partial charge is 0.510 e. The Bertz CT molecular complexity index is 1730. The number of aromatic nitrogens is 1. The molecule has 0 saturated carbocycles. The second kappa shape index (κ2) is 14.2. The third-order valence-electron chi connectivity index (χ3n) is 7.90. The Morgan fingerprint density at radius 2 is 1.85 bits per heavy atom. The Kier molecular flexibility index (Phi) is 10.9. The van der Waals surface area contributed by atoms with E-state index in [9.17, 15) is 33.0 Å². The van der Waals surface area contributed by atoms with Crippen molar-refractivity contribution in [2.24, 2.45) is 11.8 Å². The molecule has 11 nitrogen and oxygen atoms in total. The molecule has 2 heterocycles. The first-order chi connectivity index (χ1) is 21.5. The molecule has 0 radical (unpaired) electrons. The number of ketones is 2. The lowest BCUT2D eigenvalue weighted by molar-refractivity contribution is -0.132. The summed E-state index contributed by atoms with van der Waals surface area (Å²) < 4.78 is 43.4. The molecule has 1 aromatic heterocycles. The number of ether oxygens (including phenoxy) is 2. The van der Waals surface area contributed by atoms with E-state index in [1.54, 1.807) is 19.9 Å². The first-order valence-electron chi connectivity index (χ1n) is 14.7. The van der Waals surface area contributed by atoms with E-state index in [1.165, 1.54) is 48.0 Å². The summed E-state index contributed by atoms with van der Waals surface area (Å²) in [4.78, 5) is 61.9. The van der Waals surface area contributed by atoms with Crippen LogP contribution < -0.4 is 10.6 Å². The van der Waals surface area contributed by atoms with Gasteiger partial charge < -0.3 is 24.3 Å². The minimum atomic E-state index is -4.51. The molecule has 1 fully saturated rings. The van der Waals surface area contributed by atoms with Crippen LogP contribution in [0.15, 0.2) is 42.6 Å². The molecule has 2 aromatic carbocycles. The standard InChI is InChI=1S/C31H37ClFN2O9PSi/c1-18(2)44-31(39)42-17-43-45(40,41)21-9-10-22-23(19(3)36)13-35(27(22)11-21)14-28(37)24-15-46(4,5)16-25(24)30(38)34-12-20-7-6-8-26(32)29(20)33/h6-11,13,18,24-25H,12,14-17H2,1-5H3,(H,34,38)(H,40,41)/t24?,25-/m1/s1. The van der Waals surface area contributed by atoms with Gasteiger partial charge in [-0.2, -0.15) is 0 Å². The molecule has 3 aromatic rings. The second-order valence-electron chi connectivity index (χ2n) is 12.4. The number of nitrogens with zero attached hydrogens (tertiary/aromatic N) is 1. The molecule has 3 atom stereocenters. The third kappa shape index (κ3) is 8.32. The fourth-order valence-electron chi connectivity index (χ4n) is 5.77. The summed E-state index contributed by atoms with van der Waals surface area (Å²) in [5, 5.41) is 3.03. The average molecular weight is 695 g/mol. The van der Waals surface area contributed by atoms with Crippen molar-refractivity contribution in [3.63, 3.8) is 0 Å². The number of hydrogen-bond acceptors (Lipinski definition) is 8. The van der Waals surface area contributed by atoms with Gasteiger partial charge in [0.15, 0.2) is 11.6 Å². The lowest BCUT2D eigenvalue weighted by atomic mass is 9.91. The highest BCUT2D eigenvalue weighted by Crippen LogP contribution is 2.43. The number of nitrogens with one attached hydrogen (secondary N) is 1. The predicted octanol–water partition coefficient (Wildman–Crippen LogP) is 5.82. The van der Waals surface area contributed by atoms with E-state index in [0.29, 0.717) is 28.6 Å². The average Bonchev–Trinajstić information content (AvgIpc) is 3.49. The molecule has 4 rings (SSSR count). The Balaban J connectivity index is 1.55. The Morgan fingerprint density at radius 3 is 2.52 bits per heavy atom. The van der Waals surface area contributed by atoms with Crippen LogP contribution in [0.25, 0.3) is 10.9 Å². The molecule has 15 heteroatoms. The van der Waals surface area contributed by atoms with Crippen molar-refractivity contribution >= 4 is 67.1 Å². The van der Waals surface area contributed by atoms with Gasteiger partial charge in [0.25, 0.3) is 0 Å². The monoisotopic (exact) mass is 694 g/mol. The summed E-state index contributed by atoms with van der Waals surface area (Å²) in [6.45, 7) is 7.68. The topological polar surface area (TPSA) is 150 Å². The van der Waals surface area contributed by atoms with E-state index < -0.39 is 52.4 Å². The number of hydrogen-bond donors (Lipinski definition) is 2. The van der Waals surface area contributed by atoms with Crippen LogP contribution in [-0.2, 0) is 41.2 Å². The lowest BCUT2D eigenvalue weighted by Crippen LogP contribution is -2.35. The second-order valence-corrected chi connectivity index (χ2v) is 19.8. The van der Waals surface area contributed by atoms with E-state index in [-0.39, 0.29) is 46.5 Å².